The van der Waals surface area contributed by atoms with Crippen molar-refractivity contribution in [2.45, 2.75) is 19.9 Å². The second-order valence-corrected chi connectivity index (χ2v) is 5.71. The molecule has 134 valence electrons. The van der Waals surface area contributed by atoms with Crippen LogP contribution in [0.25, 0.3) is 11.0 Å². The van der Waals surface area contributed by atoms with E-state index < -0.39 is 5.97 Å². The van der Waals surface area contributed by atoms with Crippen LogP contribution in [-0.2, 0) is 11.3 Å². The van der Waals surface area contributed by atoms with Gasteiger partial charge in [0.15, 0.2) is 11.5 Å². The first-order valence-electron chi connectivity index (χ1n) is 8.52. The summed E-state index contributed by atoms with van der Waals surface area (Å²) in [6, 6.07) is 15.1. The second-order valence-electron chi connectivity index (χ2n) is 5.71. The smallest absolute Gasteiger partial charge is 0.360 e. The number of esters is 1. The van der Waals surface area contributed by atoms with E-state index in [0.717, 1.165) is 17.7 Å². The Balaban J connectivity index is 1.93. The first kappa shape index (κ1) is 17.7. The van der Waals surface area contributed by atoms with E-state index in [4.69, 9.17) is 9.47 Å². The van der Waals surface area contributed by atoms with Crippen LogP contribution in [0.4, 0.5) is 5.82 Å². The molecule has 0 aliphatic heterocycles. The highest BCUT2D eigenvalue weighted by Crippen LogP contribution is 2.22. The summed E-state index contributed by atoms with van der Waals surface area (Å²) in [5.41, 5.74) is 2.51. The number of para-hydroxylation sites is 3. The molecule has 0 bridgehead atoms. The van der Waals surface area contributed by atoms with Crippen LogP contribution in [0.1, 0.15) is 29.4 Å². The summed E-state index contributed by atoms with van der Waals surface area (Å²) in [5.74, 6) is 0.687. The van der Waals surface area contributed by atoms with Crippen LogP contribution in [0.5, 0.6) is 5.75 Å². The van der Waals surface area contributed by atoms with Gasteiger partial charge in [0.05, 0.1) is 24.8 Å². The fourth-order valence-electron chi connectivity index (χ4n) is 2.56. The van der Waals surface area contributed by atoms with E-state index in [9.17, 15) is 4.79 Å². The lowest BCUT2D eigenvalue weighted by Crippen LogP contribution is -2.14. The van der Waals surface area contributed by atoms with Gasteiger partial charge >= 0.3 is 5.97 Å². The number of carbonyl (C=O) groups excluding carboxylic acids is 1. The summed E-state index contributed by atoms with van der Waals surface area (Å²) in [5, 5.41) is 3.20. The molecule has 26 heavy (non-hydrogen) atoms. The van der Waals surface area contributed by atoms with Gasteiger partial charge in [-0.05, 0) is 24.6 Å². The average molecular weight is 351 g/mol. The molecule has 3 aromatic rings. The van der Waals surface area contributed by atoms with E-state index in [-0.39, 0.29) is 5.69 Å². The van der Waals surface area contributed by atoms with Crippen LogP contribution >= 0.6 is 0 Å². The lowest BCUT2D eigenvalue weighted by molar-refractivity contribution is 0.0499. The zero-order valence-electron chi connectivity index (χ0n) is 14.9. The molecule has 2 aromatic carbocycles. The minimum absolute atomic E-state index is 0.187. The number of carbonyl (C=O) groups is 1. The van der Waals surface area contributed by atoms with E-state index in [0.29, 0.717) is 30.0 Å². The minimum Gasteiger partial charge on any atom is -0.496 e. The van der Waals surface area contributed by atoms with Gasteiger partial charge in [-0.25, -0.2) is 14.8 Å². The number of aromatic nitrogens is 2. The van der Waals surface area contributed by atoms with Gasteiger partial charge in [-0.15, -0.1) is 0 Å². The first-order chi connectivity index (χ1) is 12.7. The van der Waals surface area contributed by atoms with Gasteiger partial charge in [0.1, 0.15) is 5.75 Å². The maximum absolute atomic E-state index is 12.4. The largest absolute Gasteiger partial charge is 0.496 e. The van der Waals surface area contributed by atoms with Gasteiger partial charge in [0.2, 0.25) is 0 Å². The summed E-state index contributed by atoms with van der Waals surface area (Å²) >= 11 is 0. The standard InChI is InChI=1S/C20H21N3O3/c1-3-12-26-20(24)18-19(23-16-10-6-5-9-15(16)22-18)21-13-14-8-4-7-11-17(14)25-2/h4-11H,3,12-13H2,1-2H3,(H,21,23). The third-order valence-electron chi connectivity index (χ3n) is 3.84. The fraction of sp³-hybridized carbons (Fsp3) is 0.250. The van der Waals surface area contributed by atoms with Crippen molar-refractivity contribution in [2.24, 2.45) is 0 Å². The summed E-state index contributed by atoms with van der Waals surface area (Å²) in [6.45, 7) is 2.74. The Hall–Kier alpha value is -3.15. The number of methoxy groups -OCH3 is 1. The Morgan fingerprint density at radius 3 is 2.46 bits per heavy atom. The van der Waals surface area contributed by atoms with Crippen molar-refractivity contribution in [1.82, 2.24) is 9.97 Å². The van der Waals surface area contributed by atoms with Gasteiger partial charge in [-0.1, -0.05) is 37.3 Å². The summed E-state index contributed by atoms with van der Waals surface area (Å²) < 4.78 is 10.6. The molecule has 6 nitrogen and oxygen atoms in total. The van der Waals surface area contributed by atoms with Crippen LogP contribution in [0.3, 0.4) is 0 Å². The predicted molar refractivity (Wildman–Crippen MR) is 100 cm³/mol. The van der Waals surface area contributed by atoms with Crippen molar-refractivity contribution in [2.75, 3.05) is 19.0 Å². The Labute approximate surface area is 152 Å². The molecule has 0 saturated heterocycles. The van der Waals surface area contributed by atoms with Crippen molar-refractivity contribution in [1.29, 1.82) is 0 Å². The Bertz CT molecular complexity index is 912. The molecule has 1 aromatic heterocycles. The highest BCUT2D eigenvalue weighted by atomic mass is 16.5. The number of fused-ring (bicyclic) bond motifs is 1. The molecule has 1 heterocycles. The molecular weight excluding hydrogens is 330 g/mol. The highest BCUT2D eigenvalue weighted by molar-refractivity contribution is 5.95. The van der Waals surface area contributed by atoms with E-state index in [1.54, 1.807) is 7.11 Å². The monoisotopic (exact) mass is 351 g/mol. The van der Waals surface area contributed by atoms with E-state index in [1.807, 2.05) is 55.5 Å². The van der Waals surface area contributed by atoms with Crippen molar-refractivity contribution in [3.8, 4) is 5.75 Å². The van der Waals surface area contributed by atoms with E-state index >= 15 is 0 Å². The molecular formula is C20H21N3O3. The topological polar surface area (TPSA) is 73.3 Å². The minimum atomic E-state index is -0.479. The van der Waals surface area contributed by atoms with Gasteiger partial charge in [-0.3, -0.25) is 0 Å². The molecule has 3 rings (SSSR count). The number of anilines is 1. The quantitative estimate of drug-likeness (QED) is 0.653. The Kier molecular flexibility index (Phi) is 5.63. The number of benzene rings is 2. The van der Waals surface area contributed by atoms with Gasteiger partial charge in [0, 0.05) is 12.1 Å². The molecule has 0 radical (unpaired) electrons. The fourth-order valence-corrected chi connectivity index (χ4v) is 2.56. The number of nitrogens with zero attached hydrogens (tertiary/aromatic N) is 2. The zero-order chi connectivity index (χ0) is 18.4. The maximum atomic E-state index is 12.4. The maximum Gasteiger partial charge on any atom is 0.360 e. The van der Waals surface area contributed by atoms with Gasteiger partial charge in [-0.2, -0.15) is 0 Å². The molecule has 0 saturated carbocycles. The van der Waals surface area contributed by atoms with Gasteiger partial charge in [0.25, 0.3) is 0 Å². The third-order valence-corrected chi connectivity index (χ3v) is 3.84. The normalized spacial score (nSPS) is 10.5. The summed E-state index contributed by atoms with van der Waals surface area (Å²) in [7, 11) is 1.63. The third kappa shape index (κ3) is 3.91. The number of ether oxygens (including phenoxy) is 2. The molecule has 0 fully saturated rings. The first-order valence-corrected chi connectivity index (χ1v) is 8.52. The molecule has 0 aliphatic carbocycles. The van der Waals surface area contributed by atoms with Crippen molar-refractivity contribution in [3.63, 3.8) is 0 Å². The zero-order valence-corrected chi connectivity index (χ0v) is 14.9. The summed E-state index contributed by atoms with van der Waals surface area (Å²) in [4.78, 5) is 21.4. The molecule has 6 heteroatoms. The number of nitrogens with one attached hydrogen (secondary N) is 1. The Morgan fingerprint density at radius 1 is 1.04 bits per heavy atom. The van der Waals surface area contributed by atoms with Crippen LogP contribution in [-0.4, -0.2) is 29.7 Å². The molecule has 0 unspecified atom stereocenters. The number of hydrogen-bond acceptors (Lipinski definition) is 6. The van der Waals surface area contributed by atoms with Crippen LogP contribution in [0.15, 0.2) is 48.5 Å². The van der Waals surface area contributed by atoms with Crippen molar-refractivity contribution in [3.05, 3.63) is 59.8 Å². The van der Waals surface area contributed by atoms with Crippen molar-refractivity contribution < 1.29 is 14.3 Å². The Morgan fingerprint density at radius 2 is 1.73 bits per heavy atom. The molecule has 0 aliphatic rings. The lowest BCUT2D eigenvalue weighted by atomic mass is 10.2. The highest BCUT2D eigenvalue weighted by Gasteiger charge is 2.18. The van der Waals surface area contributed by atoms with Crippen LogP contribution in [0, 0.1) is 0 Å². The predicted octanol–water partition coefficient (Wildman–Crippen LogP) is 3.82. The van der Waals surface area contributed by atoms with Crippen LogP contribution < -0.4 is 10.1 Å². The number of rotatable bonds is 7. The van der Waals surface area contributed by atoms with Crippen molar-refractivity contribution >= 4 is 22.8 Å². The molecule has 0 atom stereocenters. The average Bonchev–Trinajstić information content (AvgIpc) is 2.69. The molecule has 1 N–H and O–H groups in total. The van der Waals surface area contributed by atoms with E-state index in [2.05, 4.69) is 15.3 Å². The van der Waals surface area contributed by atoms with E-state index in [1.165, 1.54) is 0 Å². The van der Waals surface area contributed by atoms with Crippen LogP contribution in [0.2, 0.25) is 0 Å². The van der Waals surface area contributed by atoms with Gasteiger partial charge < -0.3 is 14.8 Å². The second kappa shape index (κ2) is 8.29. The molecule has 0 spiro atoms. The summed E-state index contributed by atoms with van der Waals surface area (Å²) in [6.07, 6.45) is 0.747. The molecule has 0 amide bonds. The lowest BCUT2D eigenvalue weighted by Gasteiger charge is -2.13. The SMILES string of the molecule is CCCOC(=O)c1nc2ccccc2nc1NCc1ccccc1OC. The number of hydrogen-bond donors (Lipinski definition) is 1.